The molecule has 4 heterocycles. The molecule has 6 rings (SSSR count). The molecule has 1 unspecified atom stereocenters. The van der Waals surface area contributed by atoms with E-state index in [4.69, 9.17) is 15.5 Å². The second-order valence-electron chi connectivity index (χ2n) is 8.92. The number of aliphatic hydroxyl groups is 1. The maximum Gasteiger partial charge on any atom is 0.343 e. The van der Waals surface area contributed by atoms with E-state index in [9.17, 15) is 14.7 Å². The number of aromatic nitrogens is 2. The van der Waals surface area contributed by atoms with Crippen molar-refractivity contribution in [3.8, 4) is 11.4 Å². The van der Waals surface area contributed by atoms with Crippen molar-refractivity contribution >= 4 is 22.6 Å². The van der Waals surface area contributed by atoms with Crippen LogP contribution in [-0.2, 0) is 34.7 Å². The molecule has 2 atom stereocenters. The third kappa shape index (κ3) is 2.19. The molecule has 0 saturated heterocycles. The van der Waals surface area contributed by atoms with Gasteiger partial charge in [-0.15, -0.1) is 0 Å². The van der Waals surface area contributed by atoms with Crippen molar-refractivity contribution in [1.29, 1.82) is 0 Å². The van der Waals surface area contributed by atoms with Crippen LogP contribution in [0.3, 0.4) is 0 Å². The number of nitrogen functional groups attached to an aromatic ring is 1. The van der Waals surface area contributed by atoms with Crippen LogP contribution < -0.4 is 11.3 Å². The number of nitrogens with two attached hydrogens (primary N) is 1. The Hall–Kier alpha value is -3.19. The maximum atomic E-state index is 13.4. The molecule has 7 nitrogen and oxygen atoms in total. The van der Waals surface area contributed by atoms with Gasteiger partial charge in [0.25, 0.3) is 5.56 Å². The summed E-state index contributed by atoms with van der Waals surface area (Å²) >= 11 is 0. The van der Waals surface area contributed by atoms with Gasteiger partial charge in [0.2, 0.25) is 0 Å². The normalized spacial score (nSPS) is 23.3. The summed E-state index contributed by atoms with van der Waals surface area (Å²) in [5, 5.41) is 12.1. The lowest BCUT2D eigenvalue weighted by Gasteiger charge is -2.31. The summed E-state index contributed by atoms with van der Waals surface area (Å²) in [5.74, 6) is -0.349. The summed E-state index contributed by atoms with van der Waals surface area (Å²) in [5.41, 5.74) is 11.4. The molecule has 0 radical (unpaired) electrons. The Morgan fingerprint density at radius 2 is 2.10 bits per heavy atom. The number of hydrogen-bond donors (Lipinski definition) is 2. The number of benzene rings is 1. The third-order valence-corrected chi connectivity index (χ3v) is 7.36. The van der Waals surface area contributed by atoms with Crippen molar-refractivity contribution in [3.05, 3.63) is 56.4 Å². The van der Waals surface area contributed by atoms with E-state index in [1.165, 1.54) is 5.56 Å². The highest BCUT2D eigenvalue weighted by molar-refractivity contribution is 5.95. The van der Waals surface area contributed by atoms with Gasteiger partial charge >= 0.3 is 5.97 Å². The van der Waals surface area contributed by atoms with Crippen LogP contribution in [0.15, 0.2) is 23.0 Å². The first-order chi connectivity index (χ1) is 14.8. The van der Waals surface area contributed by atoms with E-state index in [-0.39, 0.29) is 18.6 Å². The summed E-state index contributed by atoms with van der Waals surface area (Å²) in [7, 11) is 0. The highest BCUT2D eigenvalue weighted by Crippen LogP contribution is 2.45. The standard InChI is InChI=1S/C24H23N3O4/c1-3-24(30)15-8-18-21-13(9-27(18)22(28)14(15)10-31-23(24)29)12-5-4-11(2)19-16(25)6-7-17(26-21)20(12)19/h6-8,11,30H,3-5,9-10,25H2,1-2H3/t11?,24-/m0/s1. The monoisotopic (exact) mass is 417 g/mol. The number of rotatable bonds is 1. The zero-order valence-electron chi connectivity index (χ0n) is 17.5. The van der Waals surface area contributed by atoms with Crippen LogP contribution >= 0.6 is 0 Å². The van der Waals surface area contributed by atoms with E-state index in [0.29, 0.717) is 29.3 Å². The first kappa shape index (κ1) is 18.6. The lowest BCUT2D eigenvalue weighted by molar-refractivity contribution is -0.172. The molecular weight excluding hydrogens is 394 g/mol. The molecule has 3 aliphatic rings. The van der Waals surface area contributed by atoms with Crippen LogP contribution in [0.25, 0.3) is 22.3 Å². The molecular formula is C24H23N3O4. The molecule has 3 aromatic rings. The Morgan fingerprint density at radius 3 is 2.87 bits per heavy atom. The summed E-state index contributed by atoms with van der Waals surface area (Å²) in [6.45, 7) is 4.21. The van der Waals surface area contributed by atoms with Gasteiger partial charge in [0.05, 0.1) is 29.0 Å². The SMILES string of the molecule is CC[C@@]1(O)C(=O)OCc2c1cc1n(c2=O)Cc2c-1nc1ccc(N)c3c1c2CCC3C. The average Bonchev–Trinajstić information content (AvgIpc) is 3.13. The van der Waals surface area contributed by atoms with Gasteiger partial charge in [-0.3, -0.25) is 4.79 Å². The van der Waals surface area contributed by atoms with Crippen molar-refractivity contribution in [3.63, 3.8) is 0 Å². The number of nitrogens with zero attached hydrogens (tertiary/aromatic N) is 2. The first-order valence-electron chi connectivity index (χ1n) is 10.8. The molecule has 0 spiro atoms. The number of aryl methyl sites for hydroxylation is 1. The van der Waals surface area contributed by atoms with E-state index in [2.05, 4.69) is 6.92 Å². The highest BCUT2D eigenvalue weighted by Gasteiger charge is 2.45. The van der Waals surface area contributed by atoms with Crippen molar-refractivity contribution in [2.24, 2.45) is 0 Å². The Labute approximate surface area is 178 Å². The molecule has 31 heavy (non-hydrogen) atoms. The van der Waals surface area contributed by atoms with Crippen molar-refractivity contribution < 1.29 is 14.6 Å². The van der Waals surface area contributed by atoms with E-state index in [1.807, 2.05) is 12.1 Å². The average molecular weight is 417 g/mol. The van der Waals surface area contributed by atoms with E-state index in [1.54, 1.807) is 17.6 Å². The van der Waals surface area contributed by atoms with Crippen LogP contribution in [0.1, 0.15) is 60.4 Å². The third-order valence-electron chi connectivity index (χ3n) is 7.36. The van der Waals surface area contributed by atoms with E-state index >= 15 is 0 Å². The number of carbonyl (C=O) groups is 1. The number of cyclic esters (lactones) is 1. The summed E-state index contributed by atoms with van der Waals surface area (Å²) < 4.78 is 6.85. The Bertz CT molecular complexity index is 1390. The Kier molecular flexibility index (Phi) is 3.56. The topological polar surface area (TPSA) is 107 Å². The number of esters is 1. The first-order valence-corrected chi connectivity index (χ1v) is 10.8. The van der Waals surface area contributed by atoms with Gasteiger partial charge in [0.1, 0.15) is 6.61 Å². The van der Waals surface area contributed by atoms with Gasteiger partial charge in [0, 0.05) is 22.2 Å². The van der Waals surface area contributed by atoms with Crippen LogP contribution in [0.2, 0.25) is 0 Å². The zero-order valence-corrected chi connectivity index (χ0v) is 17.5. The minimum Gasteiger partial charge on any atom is -0.458 e. The molecule has 1 aliphatic carbocycles. The predicted molar refractivity (Wildman–Crippen MR) is 116 cm³/mol. The molecule has 1 aromatic carbocycles. The molecule has 3 N–H and O–H groups in total. The Morgan fingerprint density at radius 1 is 1.29 bits per heavy atom. The quantitative estimate of drug-likeness (QED) is 0.364. The summed E-state index contributed by atoms with van der Waals surface area (Å²) in [4.78, 5) is 30.7. The molecule has 0 fully saturated rings. The molecule has 2 aliphatic heterocycles. The minimum atomic E-state index is -1.81. The fourth-order valence-electron chi connectivity index (χ4n) is 5.62. The Balaban J connectivity index is 1.67. The minimum absolute atomic E-state index is 0.119. The smallest absolute Gasteiger partial charge is 0.343 e. The van der Waals surface area contributed by atoms with Gasteiger partial charge in [0.15, 0.2) is 5.60 Å². The van der Waals surface area contributed by atoms with Gasteiger partial charge in [-0.1, -0.05) is 13.8 Å². The van der Waals surface area contributed by atoms with Crippen molar-refractivity contribution in [1.82, 2.24) is 9.55 Å². The number of fused-ring (bicyclic) bond motifs is 5. The molecule has 0 saturated carbocycles. The van der Waals surface area contributed by atoms with Gasteiger partial charge in [-0.2, -0.15) is 0 Å². The molecule has 158 valence electrons. The van der Waals surface area contributed by atoms with E-state index < -0.39 is 11.6 Å². The molecule has 7 heteroatoms. The number of hydrogen-bond acceptors (Lipinski definition) is 6. The zero-order chi connectivity index (χ0) is 21.7. The molecule has 0 amide bonds. The number of carbonyl (C=O) groups excluding carboxylic acids is 1. The summed E-state index contributed by atoms with van der Waals surface area (Å²) in [6, 6.07) is 5.61. The van der Waals surface area contributed by atoms with Gasteiger partial charge < -0.3 is 20.1 Å². The molecule has 0 bridgehead atoms. The van der Waals surface area contributed by atoms with E-state index in [0.717, 1.165) is 46.3 Å². The maximum absolute atomic E-state index is 13.4. The van der Waals surface area contributed by atoms with Crippen LogP contribution in [0.4, 0.5) is 5.69 Å². The van der Waals surface area contributed by atoms with Crippen LogP contribution in [0, 0.1) is 0 Å². The second kappa shape index (κ2) is 5.95. The number of anilines is 1. The van der Waals surface area contributed by atoms with Gasteiger partial charge in [-0.25, -0.2) is 9.78 Å². The van der Waals surface area contributed by atoms with Crippen LogP contribution in [-0.4, -0.2) is 20.6 Å². The van der Waals surface area contributed by atoms with Gasteiger partial charge in [-0.05, 0) is 54.5 Å². The lowest BCUT2D eigenvalue weighted by Crippen LogP contribution is -2.44. The largest absolute Gasteiger partial charge is 0.458 e. The van der Waals surface area contributed by atoms with Crippen LogP contribution in [0.5, 0.6) is 0 Å². The lowest BCUT2D eigenvalue weighted by atomic mass is 9.80. The molecule has 2 aromatic heterocycles. The van der Waals surface area contributed by atoms with Crippen molar-refractivity contribution in [2.75, 3.05) is 5.73 Å². The second-order valence-corrected chi connectivity index (χ2v) is 8.92. The number of ether oxygens (including phenoxy) is 1. The van der Waals surface area contributed by atoms with Crippen molar-refractivity contribution in [2.45, 2.75) is 57.8 Å². The summed E-state index contributed by atoms with van der Waals surface area (Å²) in [6.07, 6.45) is 2.03. The number of pyridine rings is 2. The fraction of sp³-hybridized carbons (Fsp3) is 0.375. The fourth-order valence-corrected chi connectivity index (χ4v) is 5.62. The highest BCUT2D eigenvalue weighted by atomic mass is 16.6. The predicted octanol–water partition coefficient (Wildman–Crippen LogP) is 2.71.